The third kappa shape index (κ3) is 5.84. The predicted molar refractivity (Wildman–Crippen MR) is 145 cm³/mol. The normalized spacial score (nSPS) is 16.3. The molecule has 1 aliphatic heterocycles. The average molecular weight is 515 g/mol. The average Bonchev–Trinajstić information content (AvgIpc) is 3.32. The molecule has 0 N–H and O–H groups in total. The van der Waals surface area contributed by atoms with E-state index >= 15 is 0 Å². The Balaban J connectivity index is 1.35. The summed E-state index contributed by atoms with van der Waals surface area (Å²) < 4.78 is 2.97. The topological polar surface area (TPSA) is 3.24 Å². The maximum absolute atomic E-state index is 2.76. The van der Waals surface area contributed by atoms with Crippen molar-refractivity contribution < 1.29 is 0 Å². The SMILES string of the molecule is c1ccc([Se]c2ccccc2CN2CCC[C@H]2CP(c2ccccc2)c2ccccc2)cc1. The molecule has 5 rings (SSSR count). The van der Waals surface area contributed by atoms with Gasteiger partial charge in [-0.25, -0.2) is 0 Å². The van der Waals surface area contributed by atoms with Crippen LogP contribution < -0.4 is 19.5 Å². The van der Waals surface area contributed by atoms with Crippen molar-refractivity contribution in [3.8, 4) is 0 Å². The van der Waals surface area contributed by atoms with Gasteiger partial charge < -0.3 is 0 Å². The molecule has 4 aromatic rings. The summed E-state index contributed by atoms with van der Waals surface area (Å²) in [7, 11) is -0.348. The first kappa shape index (κ1) is 22.6. The van der Waals surface area contributed by atoms with Gasteiger partial charge >= 0.3 is 206 Å². The van der Waals surface area contributed by atoms with Crippen molar-refractivity contribution in [1.82, 2.24) is 4.90 Å². The number of hydrogen-bond acceptors (Lipinski definition) is 1. The van der Waals surface area contributed by atoms with Gasteiger partial charge in [0, 0.05) is 0 Å². The van der Waals surface area contributed by atoms with Crippen molar-refractivity contribution in [2.45, 2.75) is 25.4 Å². The van der Waals surface area contributed by atoms with Crippen molar-refractivity contribution in [3.63, 3.8) is 0 Å². The second kappa shape index (κ2) is 11.3. The Hall–Kier alpha value is -2.21. The number of nitrogens with zero attached hydrogens (tertiary/aromatic N) is 1. The molecule has 4 aromatic carbocycles. The molecule has 0 amide bonds. The van der Waals surface area contributed by atoms with Gasteiger partial charge in [0.2, 0.25) is 0 Å². The molecule has 0 spiro atoms. The van der Waals surface area contributed by atoms with Crippen LogP contribution >= 0.6 is 7.92 Å². The fourth-order valence-electron chi connectivity index (χ4n) is 4.66. The predicted octanol–water partition coefficient (Wildman–Crippen LogP) is 4.44. The van der Waals surface area contributed by atoms with E-state index in [0.29, 0.717) is 21.0 Å². The van der Waals surface area contributed by atoms with Crippen LogP contribution in [0.5, 0.6) is 0 Å². The molecule has 0 aromatic heterocycles. The van der Waals surface area contributed by atoms with Crippen LogP contribution in [0.2, 0.25) is 0 Å². The fourth-order valence-corrected chi connectivity index (χ4v) is 9.29. The molecule has 0 aliphatic carbocycles. The molecule has 1 atom stereocenters. The fraction of sp³-hybridized carbons (Fsp3) is 0.200. The van der Waals surface area contributed by atoms with Gasteiger partial charge in [0.1, 0.15) is 0 Å². The van der Waals surface area contributed by atoms with E-state index in [9.17, 15) is 0 Å². The zero-order valence-electron chi connectivity index (χ0n) is 18.9. The first-order valence-electron chi connectivity index (χ1n) is 11.8. The molecular formula is C30H30NPSe. The Bertz CT molecular complexity index is 1090. The van der Waals surface area contributed by atoms with Gasteiger partial charge in [-0.3, -0.25) is 0 Å². The zero-order chi connectivity index (χ0) is 22.3. The molecule has 33 heavy (non-hydrogen) atoms. The summed E-state index contributed by atoms with van der Waals surface area (Å²) in [5.74, 6) is 0. The third-order valence-corrected chi connectivity index (χ3v) is 11.3. The van der Waals surface area contributed by atoms with Crippen molar-refractivity contribution in [2.75, 3.05) is 12.7 Å². The van der Waals surface area contributed by atoms with Crippen molar-refractivity contribution >= 4 is 42.4 Å². The first-order valence-corrected chi connectivity index (χ1v) is 15.0. The van der Waals surface area contributed by atoms with Gasteiger partial charge in [-0.15, -0.1) is 0 Å². The van der Waals surface area contributed by atoms with E-state index in [0.717, 1.165) is 6.54 Å². The van der Waals surface area contributed by atoms with Crippen LogP contribution in [0.3, 0.4) is 0 Å². The van der Waals surface area contributed by atoms with E-state index in [-0.39, 0.29) is 7.92 Å². The molecule has 0 saturated carbocycles. The second-order valence-electron chi connectivity index (χ2n) is 8.57. The number of hydrogen-bond donors (Lipinski definition) is 0. The molecule has 1 fully saturated rings. The van der Waals surface area contributed by atoms with E-state index in [1.807, 2.05) is 0 Å². The van der Waals surface area contributed by atoms with Crippen LogP contribution in [0.4, 0.5) is 0 Å². The molecule has 3 heteroatoms. The quantitative estimate of drug-likeness (QED) is 0.248. The van der Waals surface area contributed by atoms with Crippen molar-refractivity contribution in [3.05, 3.63) is 121 Å². The van der Waals surface area contributed by atoms with E-state index < -0.39 is 0 Å². The molecule has 166 valence electrons. The summed E-state index contributed by atoms with van der Waals surface area (Å²) in [5, 5.41) is 3.00. The van der Waals surface area contributed by atoms with Gasteiger partial charge in [-0.1, -0.05) is 0 Å². The molecule has 0 radical (unpaired) electrons. The number of benzene rings is 4. The molecule has 1 saturated heterocycles. The summed E-state index contributed by atoms with van der Waals surface area (Å²) in [4.78, 5) is 2.76. The van der Waals surface area contributed by atoms with Crippen LogP contribution in [-0.4, -0.2) is 38.6 Å². The van der Waals surface area contributed by atoms with Crippen molar-refractivity contribution in [2.24, 2.45) is 0 Å². The zero-order valence-corrected chi connectivity index (χ0v) is 21.5. The van der Waals surface area contributed by atoms with Gasteiger partial charge in [-0.2, -0.15) is 0 Å². The molecule has 1 aliphatic rings. The van der Waals surface area contributed by atoms with E-state index in [1.54, 1.807) is 0 Å². The number of rotatable bonds is 8. The van der Waals surface area contributed by atoms with E-state index in [4.69, 9.17) is 0 Å². The molecular weight excluding hydrogens is 484 g/mol. The third-order valence-electron chi connectivity index (χ3n) is 6.35. The molecule has 0 bridgehead atoms. The monoisotopic (exact) mass is 515 g/mol. The summed E-state index contributed by atoms with van der Waals surface area (Å²) >= 11 is 0.355. The first-order chi connectivity index (χ1) is 16.4. The Kier molecular flexibility index (Phi) is 7.72. The summed E-state index contributed by atoms with van der Waals surface area (Å²) in [6.45, 7) is 2.28. The van der Waals surface area contributed by atoms with Gasteiger partial charge in [0.05, 0.1) is 0 Å². The van der Waals surface area contributed by atoms with Gasteiger partial charge in [0.15, 0.2) is 0 Å². The van der Waals surface area contributed by atoms with Crippen LogP contribution in [0.25, 0.3) is 0 Å². The van der Waals surface area contributed by atoms with Crippen LogP contribution in [-0.2, 0) is 6.54 Å². The Morgan fingerprint density at radius 1 is 0.697 bits per heavy atom. The summed E-state index contributed by atoms with van der Waals surface area (Å²) in [6.07, 6.45) is 3.86. The standard InChI is InChI=1S/C30H30NPSe/c1-4-15-27(16-5-1)32(28-17-6-2-7-18-28)24-26-14-12-22-31(26)23-25-13-10-11-21-30(25)33-29-19-8-3-9-20-29/h1-11,13,15-21,26H,12,14,22-24H2/t26-/m0/s1. The van der Waals surface area contributed by atoms with Gasteiger partial charge in [-0.05, 0) is 0 Å². The maximum atomic E-state index is 2.76. The van der Waals surface area contributed by atoms with E-state index in [1.165, 1.54) is 50.6 Å². The van der Waals surface area contributed by atoms with E-state index in [2.05, 4.69) is 120 Å². The van der Waals surface area contributed by atoms with Crippen molar-refractivity contribution in [1.29, 1.82) is 0 Å². The van der Waals surface area contributed by atoms with Crippen LogP contribution in [0.1, 0.15) is 18.4 Å². The summed E-state index contributed by atoms with van der Waals surface area (Å²) in [5.41, 5.74) is 1.51. The Labute approximate surface area is 205 Å². The molecule has 1 heterocycles. The Morgan fingerprint density at radius 3 is 1.94 bits per heavy atom. The van der Waals surface area contributed by atoms with Gasteiger partial charge in [0.25, 0.3) is 0 Å². The minimum atomic E-state index is -0.348. The van der Waals surface area contributed by atoms with Crippen LogP contribution in [0, 0.1) is 0 Å². The number of likely N-dealkylation sites (tertiary alicyclic amines) is 1. The van der Waals surface area contributed by atoms with Crippen LogP contribution in [0.15, 0.2) is 115 Å². The summed E-state index contributed by atoms with van der Waals surface area (Å²) in [6, 6.07) is 43.1. The Morgan fingerprint density at radius 2 is 1.27 bits per heavy atom. The second-order valence-corrected chi connectivity index (χ2v) is 13.2. The molecule has 0 unspecified atom stereocenters. The minimum absolute atomic E-state index is 0.348. The molecule has 1 nitrogen and oxygen atoms in total.